The molecule has 1 amide bonds. The Morgan fingerprint density at radius 3 is 2.39 bits per heavy atom. The number of aromatic nitrogens is 2. The summed E-state index contributed by atoms with van der Waals surface area (Å²) in [6, 6.07) is 0. The smallest absolute Gasteiger partial charge is 0.255 e. The van der Waals surface area contributed by atoms with E-state index in [4.69, 9.17) is 0 Å². The van der Waals surface area contributed by atoms with E-state index in [1.807, 2.05) is 13.8 Å². The molecule has 0 spiro atoms. The van der Waals surface area contributed by atoms with Gasteiger partial charge in [0, 0.05) is 12.2 Å². The number of hydrogen-bond acceptors (Lipinski definition) is 2. The fourth-order valence-electron chi connectivity index (χ4n) is 2.95. The lowest BCUT2D eigenvalue weighted by Crippen LogP contribution is -2.31. The van der Waals surface area contributed by atoms with Gasteiger partial charge in [-0.25, -0.2) is 0 Å². The van der Waals surface area contributed by atoms with E-state index in [-0.39, 0.29) is 5.91 Å². The van der Waals surface area contributed by atoms with Crippen LogP contribution in [0.1, 0.15) is 47.4 Å². The third-order valence-corrected chi connectivity index (χ3v) is 4.31. The molecule has 2 aliphatic rings. The van der Waals surface area contributed by atoms with Crippen LogP contribution in [-0.4, -0.2) is 22.6 Å². The summed E-state index contributed by atoms with van der Waals surface area (Å²) in [5.41, 5.74) is 2.37. The Morgan fingerprint density at radius 1 is 1.33 bits per heavy atom. The van der Waals surface area contributed by atoms with Gasteiger partial charge in [-0.3, -0.25) is 9.89 Å². The van der Waals surface area contributed by atoms with Gasteiger partial charge < -0.3 is 5.32 Å². The number of nitrogens with zero attached hydrogens (tertiary/aromatic N) is 1. The zero-order valence-electron chi connectivity index (χ0n) is 11.1. The second-order valence-corrected chi connectivity index (χ2v) is 5.86. The first kappa shape index (κ1) is 11.8. The van der Waals surface area contributed by atoms with Crippen molar-refractivity contribution in [2.24, 2.45) is 17.8 Å². The molecule has 0 aliphatic heterocycles. The monoisotopic (exact) mass is 247 g/mol. The average molecular weight is 247 g/mol. The lowest BCUT2D eigenvalue weighted by atomic mass is 9.98. The van der Waals surface area contributed by atoms with Crippen LogP contribution in [0.2, 0.25) is 0 Å². The topological polar surface area (TPSA) is 57.8 Å². The highest BCUT2D eigenvalue weighted by Crippen LogP contribution is 2.48. The van der Waals surface area contributed by atoms with Crippen molar-refractivity contribution in [2.45, 2.75) is 39.5 Å². The molecule has 18 heavy (non-hydrogen) atoms. The fourth-order valence-corrected chi connectivity index (χ4v) is 2.95. The molecule has 4 nitrogen and oxygen atoms in total. The molecule has 1 aromatic heterocycles. The van der Waals surface area contributed by atoms with Gasteiger partial charge in [0.15, 0.2) is 0 Å². The largest absolute Gasteiger partial charge is 0.352 e. The Balaban J connectivity index is 1.60. The molecule has 0 radical (unpaired) electrons. The Bertz CT molecular complexity index is 426. The summed E-state index contributed by atoms with van der Waals surface area (Å²) in [6.45, 7) is 4.62. The number of amides is 1. The van der Waals surface area contributed by atoms with Crippen LogP contribution in [0.15, 0.2) is 0 Å². The molecule has 2 N–H and O–H groups in total. The van der Waals surface area contributed by atoms with Crippen molar-refractivity contribution in [3.05, 3.63) is 17.0 Å². The molecule has 2 saturated carbocycles. The van der Waals surface area contributed by atoms with Gasteiger partial charge in [0.05, 0.1) is 11.3 Å². The predicted octanol–water partition coefficient (Wildman–Crippen LogP) is 2.19. The first-order valence-corrected chi connectivity index (χ1v) is 6.96. The van der Waals surface area contributed by atoms with Crippen LogP contribution in [0, 0.1) is 31.6 Å². The van der Waals surface area contributed by atoms with Crippen molar-refractivity contribution < 1.29 is 4.79 Å². The molecule has 2 fully saturated rings. The Labute approximate surface area is 108 Å². The number of nitrogens with one attached hydrogen (secondary N) is 2. The summed E-state index contributed by atoms with van der Waals surface area (Å²) < 4.78 is 0. The number of hydrogen-bond donors (Lipinski definition) is 2. The lowest BCUT2D eigenvalue weighted by molar-refractivity contribution is 0.0942. The lowest BCUT2D eigenvalue weighted by Gasteiger charge is -2.16. The van der Waals surface area contributed by atoms with Gasteiger partial charge in [-0.1, -0.05) is 0 Å². The maximum Gasteiger partial charge on any atom is 0.255 e. The van der Waals surface area contributed by atoms with Crippen molar-refractivity contribution >= 4 is 5.91 Å². The number of rotatable bonds is 5. The van der Waals surface area contributed by atoms with Gasteiger partial charge in [-0.2, -0.15) is 5.10 Å². The standard InChI is InChI=1S/C14H21N3O/c1-8-13(9(2)17-16-8)14(18)15-7-12(10-3-4-10)11-5-6-11/h10-12H,3-7H2,1-2H3,(H,15,18)(H,16,17). The van der Waals surface area contributed by atoms with E-state index in [2.05, 4.69) is 15.5 Å². The zero-order valence-corrected chi connectivity index (χ0v) is 11.1. The highest BCUT2D eigenvalue weighted by Gasteiger charge is 2.41. The summed E-state index contributed by atoms with van der Waals surface area (Å²) in [4.78, 5) is 12.2. The van der Waals surface area contributed by atoms with Crippen LogP contribution < -0.4 is 5.32 Å². The third-order valence-electron chi connectivity index (χ3n) is 4.31. The van der Waals surface area contributed by atoms with Gasteiger partial charge in [0.1, 0.15) is 0 Å². The maximum atomic E-state index is 12.2. The SMILES string of the molecule is Cc1n[nH]c(C)c1C(=O)NCC(C1CC1)C1CC1. The highest BCUT2D eigenvalue weighted by atomic mass is 16.1. The average Bonchev–Trinajstić information content (AvgIpc) is 3.21. The Morgan fingerprint density at radius 2 is 1.94 bits per heavy atom. The molecule has 0 atom stereocenters. The van der Waals surface area contributed by atoms with Gasteiger partial charge in [0.2, 0.25) is 0 Å². The number of carbonyl (C=O) groups is 1. The summed E-state index contributed by atoms with van der Waals surface area (Å²) in [5.74, 6) is 2.51. The second kappa shape index (κ2) is 4.41. The van der Waals surface area contributed by atoms with Crippen LogP contribution >= 0.6 is 0 Å². The van der Waals surface area contributed by atoms with Gasteiger partial charge >= 0.3 is 0 Å². The van der Waals surface area contributed by atoms with Crippen molar-refractivity contribution in [1.29, 1.82) is 0 Å². The number of H-pyrrole nitrogens is 1. The summed E-state index contributed by atoms with van der Waals surface area (Å²) in [6.07, 6.45) is 5.45. The van der Waals surface area contributed by atoms with Crippen LogP contribution in [0.25, 0.3) is 0 Å². The second-order valence-electron chi connectivity index (χ2n) is 5.86. The minimum Gasteiger partial charge on any atom is -0.352 e. The molecule has 4 heteroatoms. The van der Waals surface area contributed by atoms with Gasteiger partial charge in [-0.05, 0) is 57.3 Å². The van der Waals surface area contributed by atoms with Crippen molar-refractivity contribution in [2.75, 3.05) is 6.54 Å². The molecule has 1 heterocycles. The molecular formula is C14H21N3O. The molecule has 0 unspecified atom stereocenters. The van der Waals surface area contributed by atoms with E-state index in [1.54, 1.807) is 0 Å². The van der Waals surface area contributed by atoms with Gasteiger partial charge in [0.25, 0.3) is 5.91 Å². The van der Waals surface area contributed by atoms with E-state index in [0.29, 0.717) is 0 Å². The molecule has 1 aromatic rings. The van der Waals surface area contributed by atoms with E-state index >= 15 is 0 Å². The zero-order chi connectivity index (χ0) is 12.7. The maximum absolute atomic E-state index is 12.2. The molecule has 3 rings (SSSR count). The van der Waals surface area contributed by atoms with Crippen LogP contribution in [0.4, 0.5) is 0 Å². The third kappa shape index (κ3) is 2.28. The Kier molecular flexibility index (Phi) is 2.88. The summed E-state index contributed by atoms with van der Waals surface area (Å²) in [5, 5.41) is 10.0. The number of aromatic amines is 1. The minimum absolute atomic E-state index is 0.0325. The van der Waals surface area contributed by atoms with Crippen molar-refractivity contribution in [3.8, 4) is 0 Å². The fraction of sp³-hybridized carbons (Fsp3) is 0.714. The van der Waals surface area contributed by atoms with E-state index in [9.17, 15) is 4.79 Å². The molecule has 98 valence electrons. The van der Waals surface area contributed by atoms with Crippen LogP contribution in [0.3, 0.4) is 0 Å². The first-order chi connectivity index (χ1) is 8.66. The van der Waals surface area contributed by atoms with Crippen molar-refractivity contribution in [1.82, 2.24) is 15.5 Å². The summed E-state index contributed by atoms with van der Waals surface area (Å²) >= 11 is 0. The number of aryl methyl sites for hydroxylation is 2. The molecule has 0 bridgehead atoms. The summed E-state index contributed by atoms with van der Waals surface area (Å²) in [7, 11) is 0. The predicted molar refractivity (Wildman–Crippen MR) is 69.3 cm³/mol. The van der Waals surface area contributed by atoms with E-state index in [0.717, 1.165) is 41.2 Å². The minimum atomic E-state index is 0.0325. The van der Waals surface area contributed by atoms with E-state index in [1.165, 1.54) is 25.7 Å². The molecule has 0 aromatic carbocycles. The Hall–Kier alpha value is -1.32. The van der Waals surface area contributed by atoms with Gasteiger partial charge in [-0.15, -0.1) is 0 Å². The molecule has 2 aliphatic carbocycles. The molecule has 0 saturated heterocycles. The van der Waals surface area contributed by atoms with Crippen LogP contribution in [0.5, 0.6) is 0 Å². The van der Waals surface area contributed by atoms with Crippen LogP contribution in [-0.2, 0) is 0 Å². The van der Waals surface area contributed by atoms with E-state index < -0.39 is 0 Å². The van der Waals surface area contributed by atoms with Crippen molar-refractivity contribution in [3.63, 3.8) is 0 Å². The highest BCUT2D eigenvalue weighted by molar-refractivity contribution is 5.96. The number of carbonyl (C=O) groups excluding carboxylic acids is 1. The normalized spacial score (nSPS) is 19.3. The quantitative estimate of drug-likeness (QED) is 0.838. The first-order valence-electron chi connectivity index (χ1n) is 6.96. The molecular weight excluding hydrogens is 226 g/mol.